The van der Waals surface area contributed by atoms with Crippen molar-refractivity contribution < 1.29 is 0 Å². The SMILES string of the molecule is C=C(C)C/C=C\c1ccc(-c2ccccc2)cc1. The van der Waals surface area contributed by atoms with Crippen LogP contribution in [0.25, 0.3) is 17.2 Å². The van der Waals surface area contributed by atoms with Gasteiger partial charge in [-0.15, -0.1) is 0 Å². The van der Waals surface area contributed by atoms with Crippen molar-refractivity contribution in [2.45, 2.75) is 13.3 Å². The molecule has 0 saturated carbocycles. The first-order valence-electron chi connectivity index (χ1n) is 6.22. The summed E-state index contributed by atoms with van der Waals surface area (Å²) in [5.74, 6) is 0. The molecule has 2 aromatic carbocycles. The molecular formula is C18H18. The van der Waals surface area contributed by atoms with Gasteiger partial charge in [-0.25, -0.2) is 0 Å². The zero-order valence-electron chi connectivity index (χ0n) is 10.8. The fraction of sp³-hybridized carbons (Fsp3) is 0.111. The molecule has 0 heterocycles. The quantitative estimate of drug-likeness (QED) is 0.627. The predicted molar refractivity (Wildman–Crippen MR) is 80.3 cm³/mol. The highest BCUT2D eigenvalue weighted by molar-refractivity contribution is 5.65. The number of benzene rings is 2. The number of allylic oxidation sites excluding steroid dienone is 2. The summed E-state index contributed by atoms with van der Waals surface area (Å²) in [5.41, 5.74) is 4.94. The van der Waals surface area contributed by atoms with E-state index in [1.807, 2.05) is 13.0 Å². The zero-order valence-corrected chi connectivity index (χ0v) is 10.8. The summed E-state index contributed by atoms with van der Waals surface area (Å²) in [7, 11) is 0. The van der Waals surface area contributed by atoms with Crippen molar-refractivity contribution >= 4 is 6.08 Å². The van der Waals surface area contributed by atoms with E-state index < -0.39 is 0 Å². The maximum atomic E-state index is 3.89. The van der Waals surface area contributed by atoms with E-state index >= 15 is 0 Å². The van der Waals surface area contributed by atoms with Crippen molar-refractivity contribution in [3.05, 3.63) is 78.4 Å². The Morgan fingerprint density at radius 2 is 1.56 bits per heavy atom. The lowest BCUT2D eigenvalue weighted by molar-refractivity contribution is 1.23. The van der Waals surface area contributed by atoms with Gasteiger partial charge in [0.2, 0.25) is 0 Å². The summed E-state index contributed by atoms with van der Waals surface area (Å²) in [6.45, 7) is 5.93. The molecule has 0 aromatic heterocycles. The molecule has 0 N–H and O–H groups in total. The van der Waals surface area contributed by atoms with Crippen LogP contribution in [0.1, 0.15) is 18.9 Å². The van der Waals surface area contributed by atoms with Gasteiger partial charge < -0.3 is 0 Å². The largest absolute Gasteiger partial charge is 0.0998 e. The van der Waals surface area contributed by atoms with Gasteiger partial charge in [0.25, 0.3) is 0 Å². The van der Waals surface area contributed by atoms with Crippen LogP contribution in [0.2, 0.25) is 0 Å². The van der Waals surface area contributed by atoms with Crippen molar-refractivity contribution in [1.29, 1.82) is 0 Å². The van der Waals surface area contributed by atoms with Gasteiger partial charge in [-0.05, 0) is 30.0 Å². The van der Waals surface area contributed by atoms with Gasteiger partial charge in [0.15, 0.2) is 0 Å². The third kappa shape index (κ3) is 3.46. The topological polar surface area (TPSA) is 0 Å². The highest BCUT2D eigenvalue weighted by atomic mass is 14.0. The van der Waals surface area contributed by atoms with E-state index in [0.717, 1.165) is 6.42 Å². The van der Waals surface area contributed by atoms with Gasteiger partial charge in [0, 0.05) is 0 Å². The smallest absolute Gasteiger partial charge is 0.0141 e. The highest BCUT2D eigenvalue weighted by Crippen LogP contribution is 2.19. The summed E-state index contributed by atoms with van der Waals surface area (Å²) < 4.78 is 0. The standard InChI is InChI=1S/C18H18/c1-15(2)7-6-8-16-11-13-18(14-12-16)17-9-4-3-5-10-17/h3-6,8-14H,1,7H2,2H3/b8-6-. The molecule has 0 heteroatoms. The predicted octanol–water partition coefficient (Wildman–Crippen LogP) is 5.33. The van der Waals surface area contributed by atoms with E-state index in [9.17, 15) is 0 Å². The maximum absolute atomic E-state index is 3.89. The highest BCUT2D eigenvalue weighted by Gasteiger charge is 1.95. The lowest BCUT2D eigenvalue weighted by Gasteiger charge is -2.01. The number of hydrogen-bond donors (Lipinski definition) is 0. The van der Waals surface area contributed by atoms with E-state index in [0.29, 0.717) is 0 Å². The Balaban J connectivity index is 2.11. The molecule has 0 fully saturated rings. The third-order valence-corrected chi connectivity index (χ3v) is 2.79. The van der Waals surface area contributed by atoms with E-state index in [1.165, 1.54) is 22.3 Å². The lowest BCUT2D eigenvalue weighted by atomic mass is 10.0. The Hall–Kier alpha value is -2.08. The molecule has 0 radical (unpaired) electrons. The van der Waals surface area contributed by atoms with E-state index in [2.05, 4.69) is 67.3 Å². The van der Waals surface area contributed by atoms with Crippen LogP contribution in [0.4, 0.5) is 0 Å². The molecule has 0 bridgehead atoms. The first-order chi connectivity index (χ1) is 8.75. The minimum atomic E-state index is 0.945. The number of rotatable bonds is 4. The summed E-state index contributed by atoms with van der Waals surface area (Å²) >= 11 is 0. The molecule has 0 unspecified atom stereocenters. The van der Waals surface area contributed by atoms with E-state index in [4.69, 9.17) is 0 Å². The minimum Gasteiger partial charge on any atom is -0.0998 e. The molecule has 0 aliphatic rings. The molecular weight excluding hydrogens is 216 g/mol. The second-order valence-corrected chi connectivity index (χ2v) is 4.55. The van der Waals surface area contributed by atoms with Crippen LogP contribution in [0.5, 0.6) is 0 Å². The first kappa shape index (κ1) is 12.4. The van der Waals surface area contributed by atoms with Crippen LogP contribution in [0.15, 0.2) is 72.8 Å². The van der Waals surface area contributed by atoms with Crippen LogP contribution in [-0.2, 0) is 0 Å². The summed E-state index contributed by atoms with van der Waals surface area (Å²) in [4.78, 5) is 0. The van der Waals surface area contributed by atoms with Crippen LogP contribution in [0.3, 0.4) is 0 Å². The zero-order chi connectivity index (χ0) is 12.8. The first-order valence-corrected chi connectivity index (χ1v) is 6.22. The van der Waals surface area contributed by atoms with E-state index in [-0.39, 0.29) is 0 Å². The van der Waals surface area contributed by atoms with Gasteiger partial charge in [0.1, 0.15) is 0 Å². The fourth-order valence-electron chi connectivity index (χ4n) is 1.81. The molecule has 0 spiro atoms. The monoisotopic (exact) mass is 234 g/mol. The normalized spacial score (nSPS) is 10.7. The molecule has 0 saturated heterocycles. The summed E-state index contributed by atoms with van der Waals surface area (Å²) in [6, 6.07) is 19.1. The van der Waals surface area contributed by atoms with Gasteiger partial charge in [-0.1, -0.05) is 78.9 Å². The second kappa shape index (κ2) is 6.02. The number of hydrogen-bond acceptors (Lipinski definition) is 0. The van der Waals surface area contributed by atoms with Crippen LogP contribution in [-0.4, -0.2) is 0 Å². The Bertz CT molecular complexity index is 530. The molecule has 2 aromatic rings. The Kier molecular flexibility index (Phi) is 4.14. The minimum absolute atomic E-state index is 0.945. The van der Waals surface area contributed by atoms with Crippen molar-refractivity contribution in [3.8, 4) is 11.1 Å². The second-order valence-electron chi connectivity index (χ2n) is 4.55. The average Bonchev–Trinajstić information content (AvgIpc) is 2.40. The molecule has 0 nitrogen and oxygen atoms in total. The summed E-state index contributed by atoms with van der Waals surface area (Å²) in [5, 5.41) is 0. The van der Waals surface area contributed by atoms with Crippen molar-refractivity contribution in [2.75, 3.05) is 0 Å². The third-order valence-electron chi connectivity index (χ3n) is 2.79. The molecule has 2 rings (SSSR count). The van der Waals surface area contributed by atoms with E-state index in [1.54, 1.807) is 0 Å². The molecule has 0 aliphatic carbocycles. The molecule has 0 aliphatic heterocycles. The fourth-order valence-corrected chi connectivity index (χ4v) is 1.81. The molecule has 90 valence electrons. The molecule has 0 atom stereocenters. The van der Waals surface area contributed by atoms with Crippen molar-refractivity contribution in [1.82, 2.24) is 0 Å². The van der Waals surface area contributed by atoms with Crippen LogP contribution >= 0.6 is 0 Å². The van der Waals surface area contributed by atoms with Crippen molar-refractivity contribution in [3.63, 3.8) is 0 Å². The summed E-state index contributed by atoms with van der Waals surface area (Å²) in [6.07, 6.45) is 5.24. The Labute approximate surface area is 109 Å². The van der Waals surface area contributed by atoms with Crippen LogP contribution < -0.4 is 0 Å². The van der Waals surface area contributed by atoms with Crippen LogP contribution in [0, 0.1) is 0 Å². The van der Waals surface area contributed by atoms with Gasteiger partial charge in [-0.3, -0.25) is 0 Å². The van der Waals surface area contributed by atoms with Crippen molar-refractivity contribution in [2.24, 2.45) is 0 Å². The molecule has 0 amide bonds. The molecule has 18 heavy (non-hydrogen) atoms. The lowest BCUT2D eigenvalue weighted by Crippen LogP contribution is -1.78. The van der Waals surface area contributed by atoms with Gasteiger partial charge in [-0.2, -0.15) is 0 Å². The average molecular weight is 234 g/mol. The Morgan fingerprint density at radius 1 is 0.944 bits per heavy atom. The van der Waals surface area contributed by atoms with Gasteiger partial charge >= 0.3 is 0 Å². The maximum Gasteiger partial charge on any atom is -0.0141 e. The van der Waals surface area contributed by atoms with Gasteiger partial charge in [0.05, 0.1) is 0 Å². The Morgan fingerprint density at radius 3 is 2.17 bits per heavy atom.